The molecule has 0 spiro atoms. The van der Waals surface area contributed by atoms with Gasteiger partial charge in [-0.05, 0) is 26.0 Å². The highest BCUT2D eigenvalue weighted by Crippen LogP contribution is 2.32. The van der Waals surface area contributed by atoms with E-state index in [0.29, 0.717) is 21.5 Å². The zero-order valence-corrected chi connectivity index (χ0v) is 13.2. The van der Waals surface area contributed by atoms with E-state index in [1.807, 2.05) is 13.8 Å². The number of hydrogen-bond acceptors (Lipinski definition) is 3. The third-order valence-electron chi connectivity index (χ3n) is 3.10. The van der Waals surface area contributed by atoms with E-state index in [1.54, 1.807) is 30.1 Å². The number of methoxy groups -OCH3 is 1. The van der Waals surface area contributed by atoms with E-state index < -0.39 is 6.04 Å². The first kappa shape index (κ1) is 15.0. The van der Waals surface area contributed by atoms with Gasteiger partial charge < -0.3 is 10.5 Å². The van der Waals surface area contributed by atoms with Gasteiger partial charge in [0, 0.05) is 16.1 Å². The lowest BCUT2D eigenvalue weighted by Crippen LogP contribution is -2.20. The highest BCUT2D eigenvalue weighted by molar-refractivity contribution is 9.10. The van der Waals surface area contributed by atoms with Gasteiger partial charge in [-0.25, -0.2) is 4.39 Å². The van der Waals surface area contributed by atoms with E-state index in [0.717, 1.165) is 0 Å². The Labute approximate surface area is 125 Å². The van der Waals surface area contributed by atoms with Gasteiger partial charge in [0.25, 0.3) is 0 Å². The normalized spacial score (nSPS) is 12.8. The van der Waals surface area contributed by atoms with Crippen molar-refractivity contribution in [2.45, 2.75) is 25.9 Å². The molecule has 1 heterocycles. The van der Waals surface area contributed by atoms with Crippen molar-refractivity contribution in [2.24, 2.45) is 5.73 Å². The summed E-state index contributed by atoms with van der Waals surface area (Å²) in [4.78, 5) is 0. The van der Waals surface area contributed by atoms with Crippen molar-refractivity contribution in [3.63, 3.8) is 0 Å². The molecule has 1 unspecified atom stereocenters. The first-order valence-electron chi connectivity index (χ1n) is 6.27. The van der Waals surface area contributed by atoms with Gasteiger partial charge >= 0.3 is 0 Å². The highest BCUT2D eigenvalue weighted by atomic mass is 79.9. The van der Waals surface area contributed by atoms with Gasteiger partial charge in [0.05, 0.1) is 19.3 Å². The minimum Gasteiger partial charge on any atom is -0.493 e. The standard InChI is InChI=1S/C14H17BrFN3O/c1-8(2)19-14(12(20-3)7-18-19)13(17)10-5-4-9(15)6-11(10)16/h4-8,13H,17H2,1-3H3. The van der Waals surface area contributed by atoms with Gasteiger partial charge in [0.15, 0.2) is 5.75 Å². The summed E-state index contributed by atoms with van der Waals surface area (Å²) >= 11 is 3.24. The average Bonchev–Trinajstić information content (AvgIpc) is 2.81. The molecule has 1 aromatic carbocycles. The SMILES string of the molecule is COc1cnn(C(C)C)c1C(N)c1ccc(Br)cc1F. The Bertz CT molecular complexity index is 612. The van der Waals surface area contributed by atoms with Crippen LogP contribution in [0.1, 0.15) is 37.2 Å². The Morgan fingerprint density at radius 3 is 2.65 bits per heavy atom. The van der Waals surface area contributed by atoms with Crippen molar-refractivity contribution in [2.75, 3.05) is 7.11 Å². The predicted molar refractivity (Wildman–Crippen MR) is 79.3 cm³/mol. The minimum absolute atomic E-state index is 0.110. The summed E-state index contributed by atoms with van der Waals surface area (Å²) in [7, 11) is 1.55. The first-order valence-corrected chi connectivity index (χ1v) is 7.07. The van der Waals surface area contributed by atoms with Crippen LogP contribution in [-0.2, 0) is 0 Å². The van der Waals surface area contributed by atoms with Gasteiger partial charge in [0.1, 0.15) is 11.5 Å². The topological polar surface area (TPSA) is 53.1 Å². The Balaban J connectivity index is 2.52. The lowest BCUT2D eigenvalue weighted by atomic mass is 10.0. The molecule has 0 saturated carbocycles. The molecule has 1 aromatic heterocycles. The van der Waals surface area contributed by atoms with Crippen molar-refractivity contribution in [3.8, 4) is 5.75 Å². The first-order chi connectivity index (χ1) is 9.45. The number of benzene rings is 1. The van der Waals surface area contributed by atoms with Gasteiger partial charge in [-0.1, -0.05) is 22.0 Å². The average molecular weight is 342 g/mol. The zero-order valence-electron chi connectivity index (χ0n) is 11.6. The number of nitrogens with zero attached hydrogens (tertiary/aromatic N) is 2. The summed E-state index contributed by atoms with van der Waals surface area (Å²) < 4.78 is 21.8. The molecule has 2 rings (SSSR count). The van der Waals surface area contributed by atoms with Crippen LogP contribution < -0.4 is 10.5 Å². The summed E-state index contributed by atoms with van der Waals surface area (Å²) in [6.45, 7) is 3.97. The van der Waals surface area contributed by atoms with Gasteiger partial charge in [-0.15, -0.1) is 0 Å². The van der Waals surface area contributed by atoms with Crippen molar-refractivity contribution >= 4 is 15.9 Å². The van der Waals surface area contributed by atoms with Crippen molar-refractivity contribution in [1.29, 1.82) is 0 Å². The molecule has 108 valence electrons. The van der Waals surface area contributed by atoms with E-state index in [4.69, 9.17) is 10.5 Å². The molecular weight excluding hydrogens is 325 g/mol. The third-order valence-corrected chi connectivity index (χ3v) is 3.59. The van der Waals surface area contributed by atoms with Crippen LogP contribution in [0.4, 0.5) is 4.39 Å². The highest BCUT2D eigenvalue weighted by Gasteiger charge is 2.23. The lowest BCUT2D eigenvalue weighted by molar-refractivity contribution is 0.400. The monoisotopic (exact) mass is 341 g/mol. The van der Waals surface area contributed by atoms with Crippen molar-refractivity contribution in [3.05, 3.63) is 45.9 Å². The van der Waals surface area contributed by atoms with E-state index in [1.165, 1.54) is 6.07 Å². The summed E-state index contributed by atoms with van der Waals surface area (Å²) in [5.41, 5.74) is 7.31. The van der Waals surface area contributed by atoms with E-state index >= 15 is 0 Å². The van der Waals surface area contributed by atoms with Crippen molar-refractivity contribution in [1.82, 2.24) is 9.78 Å². The quantitative estimate of drug-likeness (QED) is 0.926. The molecule has 0 aliphatic rings. The van der Waals surface area contributed by atoms with Crippen LogP contribution >= 0.6 is 15.9 Å². The molecule has 6 heteroatoms. The van der Waals surface area contributed by atoms with Crippen LogP contribution in [0.15, 0.2) is 28.9 Å². The smallest absolute Gasteiger partial charge is 0.161 e. The van der Waals surface area contributed by atoms with Gasteiger partial charge in [0.2, 0.25) is 0 Å². The van der Waals surface area contributed by atoms with Crippen LogP contribution in [0.2, 0.25) is 0 Å². The number of nitrogens with two attached hydrogens (primary N) is 1. The molecule has 0 radical (unpaired) electrons. The Kier molecular flexibility index (Phi) is 4.45. The van der Waals surface area contributed by atoms with Crippen molar-refractivity contribution < 1.29 is 9.13 Å². The number of rotatable bonds is 4. The fraction of sp³-hybridized carbons (Fsp3) is 0.357. The van der Waals surface area contributed by atoms with E-state index in [-0.39, 0.29) is 11.9 Å². The van der Waals surface area contributed by atoms with Gasteiger partial charge in [-0.3, -0.25) is 4.68 Å². The molecule has 0 amide bonds. The summed E-state index contributed by atoms with van der Waals surface area (Å²) in [6.07, 6.45) is 1.60. The maximum atomic E-state index is 14.1. The molecule has 2 N–H and O–H groups in total. The fourth-order valence-corrected chi connectivity index (χ4v) is 2.45. The molecular formula is C14H17BrFN3O. The van der Waals surface area contributed by atoms with Crippen LogP contribution in [0.25, 0.3) is 0 Å². The predicted octanol–water partition coefficient (Wildman–Crippen LogP) is 3.42. The molecule has 2 aromatic rings. The molecule has 20 heavy (non-hydrogen) atoms. The zero-order chi connectivity index (χ0) is 14.9. The maximum absolute atomic E-state index is 14.1. The summed E-state index contributed by atoms with van der Waals surface area (Å²) in [5.74, 6) is 0.207. The molecule has 1 atom stereocenters. The Hall–Kier alpha value is -1.40. The second-order valence-electron chi connectivity index (χ2n) is 4.78. The number of aromatic nitrogens is 2. The molecule has 0 aliphatic heterocycles. The Morgan fingerprint density at radius 1 is 1.40 bits per heavy atom. The van der Waals surface area contributed by atoms with Crippen LogP contribution in [0, 0.1) is 5.82 Å². The third kappa shape index (κ3) is 2.71. The molecule has 0 aliphatic carbocycles. The summed E-state index contributed by atoms with van der Waals surface area (Å²) in [5, 5.41) is 4.26. The number of halogens is 2. The fourth-order valence-electron chi connectivity index (χ4n) is 2.12. The minimum atomic E-state index is -0.636. The molecule has 4 nitrogen and oxygen atoms in total. The summed E-state index contributed by atoms with van der Waals surface area (Å²) in [6, 6.07) is 4.31. The second-order valence-corrected chi connectivity index (χ2v) is 5.70. The van der Waals surface area contributed by atoms with Gasteiger partial charge in [-0.2, -0.15) is 5.10 Å². The molecule has 0 fully saturated rings. The second kappa shape index (κ2) is 5.93. The number of ether oxygens (including phenoxy) is 1. The number of hydrogen-bond donors (Lipinski definition) is 1. The van der Waals surface area contributed by atoms with E-state index in [9.17, 15) is 4.39 Å². The molecule has 0 bridgehead atoms. The molecule has 0 saturated heterocycles. The van der Waals surface area contributed by atoms with Crippen LogP contribution in [0.3, 0.4) is 0 Å². The van der Waals surface area contributed by atoms with Crippen LogP contribution in [-0.4, -0.2) is 16.9 Å². The Morgan fingerprint density at radius 2 is 2.10 bits per heavy atom. The van der Waals surface area contributed by atoms with E-state index in [2.05, 4.69) is 21.0 Å². The lowest BCUT2D eigenvalue weighted by Gasteiger charge is -2.19. The van der Waals surface area contributed by atoms with Crippen LogP contribution in [0.5, 0.6) is 5.75 Å². The largest absolute Gasteiger partial charge is 0.493 e. The maximum Gasteiger partial charge on any atom is 0.161 e.